The van der Waals surface area contributed by atoms with Gasteiger partial charge in [-0.05, 0) is 83.9 Å². The third kappa shape index (κ3) is 6.55. The highest BCUT2D eigenvalue weighted by Crippen LogP contribution is 2.35. The lowest BCUT2D eigenvalue weighted by molar-refractivity contribution is -0.122. The van der Waals surface area contributed by atoms with Crippen LogP contribution in [0.5, 0.6) is 11.5 Å². The van der Waals surface area contributed by atoms with Gasteiger partial charge in [0.2, 0.25) is 0 Å². The summed E-state index contributed by atoms with van der Waals surface area (Å²) >= 11 is 6.82. The van der Waals surface area contributed by atoms with Gasteiger partial charge in [0.1, 0.15) is 17.1 Å². The normalized spacial score (nSPS) is 14.3. The molecule has 0 unspecified atom stereocenters. The van der Waals surface area contributed by atoms with Gasteiger partial charge < -0.3 is 14.8 Å². The highest BCUT2D eigenvalue weighted by Gasteiger charge is 2.37. The summed E-state index contributed by atoms with van der Waals surface area (Å²) in [4.78, 5) is 52.1. The van der Waals surface area contributed by atoms with Crippen LogP contribution < -0.4 is 25.0 Å². The fourth-order valence-corrected chi connectivity index (χ4v) is 5.16. The highest BCUT2D eigenvalue weighted by atomic mass is 79.9. The van der Waals surface area contributed by atoms with Gasteiger partial charge in [-0.3, -0.25) is 19.7 Å². The minimum atomic E-state index is -0.869. The minimum absolute atomic E-state index is 0.232. The lowest BCUT2D eigenvalue weighted by Gasteiger charge is -2.26. The summed E-state index contributed by atoms with van der Waals surface area (Å²) in [7, 11) is 0. The number of halogens is 2. The van der Waals surface area contributed by atoms with Crippen LogP contribution in [0, 0.1) is 6.92 Å². The van der Waals surface area contributed by atoms with Gasteiger partial charge in [-0.2, -0.15) is 0 Å². The van der Waals surface area contributed by atoms with Crippen LogP contribution in [0.15, 0.2) is 75.2 Å². The third-order valence-electron chi connectivity index (χ3n) is 5.61. The Hall–Kier alpha value is -3.96. The Morgan fingerprint density at radius 2 is 1.74 bits per heavy atom. The summed E-state index contributed by atoms with van der Waals surface area (Å²) in [5, 5.41) is 4.99. The summed E-state index contributed by atoms with van der Waals surface area (Å²) in [5.41, 5.74) is 1.86. The smallest absolute Gasteiger partial charge is 0.335 e. The Morgan fingerprint density at radius 1 is 1.03 bits per heavy atom. The summed E-state index contributed by atoms with van der Waals surface area (Å²) in [5.74, 6) is -1.25. The molecule has 1 fully saturated rings. The summed E-state index contributed by atoms with van der Waals surface area (Å²) in [6.07, 6.45) is 1.32. The van der Waals surface area contributed by atoms with Crippen LogP contribution >= 0.6 is 31.9 Å². The van der Waals surface area contributed by atoms with Gasteiger partial charge in [0, 0.05) is 15.7 Å². The van der Waals surface area contributed by atoms with Crippen molar-refractivity contribution >= 4 is 73.1 Å². The SMILES string of the molecule is CCOc1ccc(N2C(=O)NC(=O)/C(=C\c3cc(Br)cc(Br)c3OCC(=O)Nc3ccccc3C)C2=O)cc1. The molecule has 0 spiro atoms. The van der Waals surface area contributed by atoms with Crippen molar-refractivity contribution in [1.29, 1.82) is 0 Å². The molecule has 1 aliphatic rings. The van der Waals surface area contributed by atoms with E-state index < -0.39 is 23.8 Å². The Bertz CT molecular complexity index is 1490. The molecule has 9 nitrogen and oxygen atoms in total. The molecule has 0 bridgehead atoms. The molecular weight excluding hydrogens is 634 g/mol. The van der Waals surface area contributed by atoms with E-state index in [9.17, 15) is 19.2 Å². The fourth-order valence-electron chi connectivity index (χ4n) is 3.78. The number of ether oxygens (including phenoxy) is 2. The molecule has 200 valence electrons. The number of nitrogens with one attached hydrogen (secondary N) is 2. The van der Waals surface area contributed by atoms with Gasteiger partial charge in [0.05, 0.1) is 16.8 Å². The molecule has 0 atom stereocenters. The van der Waals surface area contributed by atoms with Crippen molar-refractivity contribution in [3.63, 3.8) is 0 Å². The number of barbiturate groups is 1. The largest absolute Gasteiger partial charge is 0.494 e. The maximum Gasteiger partial charge on any atom is 0.335 e. The zero-order valence-corrected chi connectivity index (χ0v) is 24.1. The molecule has 5 amide bonds. The molecule has 0 aromatic heterocycles. The van der Waals surface area contributed by atoms with Crippen molar-refractivity contribution < 1.29 is 28.7 Å². The Kier molecular flexibility index (Phi) is 8.82. The molecule has 2 N–H and O–H groups in total. The Labute approximate surface area is 241 Å². The first-order chi connectivity index (χ1) is 18.7. The van der Waals surface area contributed by atoms with Gasteiger partial charge in [0.25, 0.3) is 17.7 Å². The van der Waals surface area contributed by atoms with E-state index >= 15 is 0 Å². The number of carbonyl (C=O) groups excluding carboxylic acids is 4. The number of benzene rings is 3. The van der Waals surface area contributed by atoms with E-state index in [1.54, 1.807) is 42.5 Å². The molecule has 3 aromatic carbocycles. The molecule has 39 heavy (non-hydrogen) atoms. The van der Waals surface area contributed by atoms with Crippen LogP contribution in [-0.4, -0.2) is 37.0 Å². The van der Waals surface area contributed by atoms with Crippen LogP contribution in [0.2, 0.25) is 0 Å². The zero-order chi connectivity index (χ0) is 28.1. The first-order valence-corrected chi connectivity index (χ1v) is 13.4. The van der Waals surface area contributed by atoms with Gasteiger partial charge in [-0.25, -0.2) is 9.69 Å². The average molecular weight is 657 g/mol. The quantitative estimate of drug-likeness (QED) is 0.241. The summed E-state index contributed by atoms with van der Waals surface area (Å²) < 4.78 is 12.3. The van der Waals surface area contributed by atoms with E-state index in [1.165, 1.54) is 6.08 Å². The summed E-state index contributed by atoms with van der Waals surface area (Å²) in [6.45, 7) is 3.85. The van der Waals surface area contributed by atoms with Crippen molar-refractivity contribution in [3.05, 3.63) is 86.3 Å². The van der Waals surface area contributed by atoms with E-state index in [4.69, 9.17) is 9.47 Å². The van der Waals surface area contributed by atoms with Crippen molar-refractivity contribution in [3.8, 4) is 11.5 Å². The van der Waals surface area contributed by atoms with Crippen molar-refractivity contribution in [2.24, 2.45) is 0 Å². The van der Waals surface area contributed by atoms with E-state index in [0.717, 1.165) is 10.5 Å². The van der Waals surface area contributed by atoms with E-state index in [2.05, 4.69) is 42.5 Å². The van der Waals surface area contributed by atoms with Crippen LogP contribution in [0.3, 0.4) is 0 Å². The fraction of sp³-hybridized carbons (Fsp3) is 0.143. The van der Waals surface area contributed by atoms with Crippen LogP contribution in [0.1, 0.15) is 18.1 Å². The van der Waals surface area contributed by atoms with Gasteiger partial charge in [-0.1, -0.05) is 34.1 Å². The number of para-hydroxylation sites is 1. The van der Waals surface area contributed by atoms with Gasteiger partial charge in [0.15, 0.2) is 6.61 Å². The molecule has 1 aliphatic heterocycles. The number of nitrogens with zero attached hydrogens (tertiary/aromatic N) is 1. The molecule has 0 saturated carbocycles. The zero-order valence-electron chi connectivity index (χ0n) is 20.9. The number of anilines is 2. The number of imide groups is 2. The van der Waals surface area contributed by atoms with Gasteiger partial charge in [-0.15, -0.1) is 0 Å². The molecule has 3 aromatic rings. The second kappa shape index (κ2) is 12.3. The van der Waals surface area contributed by atoms with Crippen molar-refractivity contribution in [1.82, 2.24) is 5.32 Å². The van der Waals surface area contributed by atoms with Crippen LogP contribution in [-0.2, 0) is 14.4 Å². The number of urea groups is 1. The lowest BCUT2D eigenvalue weighted by atomic mass is 10.1. The molecule has 11 heteroatoms. The highest BCUT2D eigenvalue weighted by molar-refractivity contribution is 9.11. The first kappa shape index (κ1) is 28.1. The van der Waals surface area contributed by atoms with Gasteiger partial charge >= 0.3 is 6.03 Å². The second-order valence-corrected chi connectivity index (χ2v) is 10.1. The first-order valence-electron chi connectivity index (χ1n) is 11.8. The van der Waals surface area contributed by atoms with Crippen LogP contribution in [0.4, 0.5) is 16.2 Å². The second-order valence-electron chi connectivity index (χ2n) is 8.34. The molecule has 0 radical (unpaired) electrons. The number of hydrogen-bond acceptors (Lipinski definition) is 6. The molecule has 1 heterocycles. The number of hydrogen-bond donors (Lipinski definition) is 2. The predicted octanol–water partition coefficient (Wildman–Crippen LogP) is 5.60. The number of amides is 5. The molecule has 1 saturated heterocycles. The molecule has 0 aliphatic carbocycles. The number of rotatable bonds is 8. The van der Waals surface area contributed by atoms with Crippen molar-refractivity contribution in [2.45, 2.75) is 13.8 Å². The third-order valence-corrected chi connectivity index (χ3v) is 6.66. The number of aryl methyl sites for hydroxylation is 1. The van der Waals surface area contributed by atoms with Crippen molar-refractivity contribution in [2.75, 3.05) is 23.4 Å². The number of carbonyl (C=O) groups is 4. The Morgan fingerprint density at radius 3 is 2.44 bits per heavy atom. The predicted molar refractivity (Wildman–Crippen MR) is 154 cm³/mol. The maximum absolute atomic E-state index is 13.4. The monoisotopic (exact) mass is 655 g/mol. The van der Waals surface area contributed by atoms with E-state index in [-0.39, 0.29) is 23.6 Å². The lowest BCUT2D eigenvalue weighted by Crippen LogP contribution is -2.54. The Balaban J connectivity index is 1.61. The standard InChI is InChI=1S/C28H23Br2N3O6/c1-3-38-20-10-8-19(9-11-20)33-27(36)21(26(35)32-28(33)37)13-17-12-18(29)14-22(30)25(17)39-15-24(34)31-23-7-5-4-6-16(23)2/h4-14H,3,15H2,1-2H3,(H,31,34)(H,32,35,37)/b21-13+. The molecular formula is C28H23Br2N3O6. The van der Waals surface area contributed by atoms with E-state index in [1.807, 2.05) is 32.0 Å². The van der Waals surface area contributed by atoms with E-state index in [0.29, 0.717) is 32.6 Å². The topological polar surface area (TPSA) is 114 Å². The van der Waals surface area contributed by atoms with Crippen LogP contribution in [0.25, 0.3) is 6.08 Å². The summed E-state index contributed by atoms with van der Waals surface area (Å²) in [6, 6.07) is 16.1. The molecule has 4 rings (SSSR count). The average Bonchev–Trinajstić information content (AvgIpc) is 2.88. The maximum atomic E-state index is 13.4. The minimum Gasteiger partial charge on any atom is -0.494 e.